The molecular formula is C48H60N8O10S2. The second kappa shape index (κ2) is 20.1. The number of carbonyl (C=O) groups is 5. The van der Waals surface area contributed by atoms with Crippen LogP contribution in [-0.2, 0) is 33.9 Å². The largest absolute Gasteiger partial charge is 0.497 e. The molecule has 20 heteroatoms. The number of aromatic nitrogens is 2. The third-order valence-corrected chi connectivity index (χ3v) is 13.9. The molecule has 2 aromatic carbocycles. The Morgan fingerprint density at radius 2 is 1.76 bits per heavy atom. The van der Waals surface area contributed by atoms with Crippen molar-refractivity contribution in [2.45, 2.75) is 127 Å². The van der Waals surface area contributed by atoms with Crippen molar-refractivity contribution < 1.29 is 46.6 Å². The molecule has 1 saturated carbocycles. The fourth-order valence-corrected chi connectivity index (χ4v) is 10.4. The molecule has 1 aliphatic carbocycles. The fraction of sp³-hybridized carbons (Fsp3) is 0.479. The van der Waals surface area contributed by atoms with Crippen LogP contribution in [0, 0.1) is 11.8 Å². The monoisotopic (exact) mass is 972 g/mol. The van der Waals surface area contributed by atoms with E-state index in [0.717, 1.165) is 0 Å². The number of para-hydroxylation sites is 1. The van der Waals surface area contributed by atoms with Gasteiger partial charge in [-0.2, -0.15) is 0 Å². The number of hydrogen-bond donors (Lipinski definition) is 5. The van der Waals surface area contributed by atoms with Crippen LogP contribution in [0.4, 0.5) is 15.6 Å². The highest BCUT2D eigenvalue weighted by Gasteiger charge is 2.62. The molecule has 5 N–H and O–H groups in total. The van der Waals surface area contributed by atoms with Crippen LogP contribution in [-0.4, -0.2) is 102 Å². The molecule has 364 valence electrons. The number of nitrogens with zero attached hydrogens (tertiary/aromatic N) is 3. The lowest BCUT2D eigenvalue weighted by Gasteiger charge is -2.31. The molecule has 5 amide bonds. The number of sulfonamides is 1. The number of rotatable bonds is 11. The summed E-state index contributed by atoms with van der Waals surface area (Å²) in [5.74, 6) is -2.76. The first-order chi connectivity index (χ1) is 32.2. The van der Waals surface area contributed by atoms with Gasteiger partial charge in [0.05, 0.1) is 30.6 Å². The van der Waals surface area contributed by atoms with Gasteiger partial charge in [-0.3, -0.25) is 19.2 Å². The van der Waals surface area contributed by atoms with Crippen molar-refractivity contribution in [3.63, 3.8) is 0 Å². The Balaban J connectivity index is 1.23. The summed E-state index contributed by atoms with van der Waals surface area (Å²) in [4.78, 5) is 80.7. The van der Waals surface area contributed by atoms with Crippen molar-refractivity contribution in [2.24, 2.45) is 11.8 Å². The van der Waals surface area contributed by atoms with Crippen molar-refractivity contribution >= 4 is 72.8 Å². The number of nitrogens with one attached hydrogen (secondary N) is 5. The van der Waals surface area contributed by atoms with Crippen LogP contribution in [0.3, 0.4) is 0 Å². The summed E-state index contributed by atoms with van der Waals surface area (Å²) in [6.45, 7) is 12.5. The van der Waals surface area contributed by atoms with Crippen molar-refractivity contribution in [2.75, 3.05) is 24.3 Å². The van der Waals surface area contributed by atoms with Gasteiger partial charge < -0.3 is 40.4 Å². The maximum Gasteiger partial charge on any atom is 0.408 e. The number of methoxy groups -OCH3 is 1. The first-order valence-electron chi connectivity index (χ1n) is 22.8. The van der Waals surface area contributed by atoms with Gasteiger partial charge in [-0.1, -0.05) is 38.1 Å². The molecule has 7 rings (SSSR count). The standard InChI is InChI=1S/C48H60N8O10S2/c1-27(2)41(53-46(61)66-47(5,6)7)43(59)56-25-31(65-38-23-35(36-26-67-45(52-36)49-28(3)4)50-34-21-30(64-8)19-20-32(34)38)22-37(56)42(58)54-48-24-29(48)15-11-9-10-12-18-40(57)51-33-16-13-14-17-39(33)68(62,63)55-44(48)60/h11,13-17,19-21,23,26-29,31,37,41H,9-10,12,18,22,24-25H2,1-8H3,(H,49,52)(H,51,57)(H,53,61)(H,54,58)(H,55,60)/t29-,31+,37-,41-,48+/m0/s1. The Labute approximate surface area is 400 Å². The molecule has 0 unspecified atom stereocenters. The van der Waals surface area contributed by atoms with Crippen LogP contribution in [0.15, 0.2) is 71.0 Å². The number of ether oxygens (including phenoxy) is 3. The lowest BCUT2D eigenvalue weighted by atomic mass is 10.0. The summed E-state index contributed by atoms with van der Waals surface area (Å²) in [6.07, 6.45) is 3.96. The van der Waals surface area contributed by atoms with E-state index in [1.807, 2.05) is 31.4 Å². The minimum Gasteiger partial charge on any atom is -0.497 e. The number of allylic oxidation sites excluding steroid dienone is 1. The maximum absolute atomic E-state index is 14.9. The molecule has 2 aromatic heterocycles. The number of likely N-dealkylation sites (tertiary alicyclic amines) is 1. The number of pyridine rings is 1. The normalized spacial score (nSPS) is 22.1. The molecule has 1 saturated heterocycles. The van der Waals surface area contributed by atoms with Crippen LogP contribution < -0.4 is 35.5 Å². The van der Waals surface area contributed by atoms with Gasteiger partial charge in [0, 0.05) is 47.7 Å². The molecule has 2 aliphatic heterocycles. The molecule has 2 fully saturated rings. The highest BCUT2D eigenvalue weighted by atomic mass is 32.2. The molecule has 18 nitrogen and oxygen atoms in total. The molecule has 0 spiro atoms. The molecule has 3 aliphatic rings. The lowest BCUT2D eigenvalue weighted by Crippen LogP contribution is -2.59. The minimum absolute atomic E-state index is 0.00906. The van der Waals surface area contributed by atoms with Crippen LogP contribution >= 0.6 is 11.3 Å². The van der Waals surface area contributed by atoms with Gasteiger partial charge in [0.15, 0.2) is 5.13 Å². The Hall–Kier alpha value is -6.28. The molecule has 0 bridgehead atoms. The number of carbonyl (C=O) groups excluding carboxylic acids is 5. The lowest BCUT2D eigenvalue weighted by molar-refractivity contribution is -0.141. The molecular weight excluding hydrogens is 913 g/mol. The molecule has 0 radical (unpaired) electrons. The first kappa shape index (κ1) is 49.6. The zero-order valence-electron chi connectivity index (χ0n) is 39.5. The highest BCUT2D eigenvalue weighted by Crippen LogP contribution is 2.46. The number of benzene rings is 2. The van der Waals surface area contributed by atoms with Gasteiger partial charge in [0.25, 0.3) is 15.9 Å². The van der Waals surface area contributed by atoms with E-state index in [0.29, 0.717) is 58.2 Å². The Morgan fingerprint density at radius 3 is 2.49 bits per heavy atom. The quantitative estimate of drug-likeness (QED) is 0.101. The number of anilines is 2. The van der Waals surface area contributed by atoms with E-state index in [1.165, 1.54) is 34.4 Å². The average Bonchev–Trinajstić information content (AvgIpc) is 3.52. The predicted molar refractivity (Wildman–Crippen MR) is 258 cm³/mol. The van der Waals surface area contributed by atoms with E-state index in [1.54, 1.807) is 72.1 Å². The third-order valence-electron chi connectivity index (χ3n) is 11.7. The molecule has 4 heterocycles. The Kier molecular flexibility index (Phi) is 14.7. The van der Waals surface area contributed by atoms with E-state index in [-0.39, 0.29) is 48.3 Å². The number of fused-ring (bicyclic) bond motifs is 3. The second-order valence-electron chi connectivity index (χ2n) is 19.0. The minimum atomic E-state index is -4.58. The summed E-state index contributed by atoms with van der Waals surface area (Å²) in [7, 11) is -3.03. The van der Waals surface area contributed by atoms with Crippen LogP contribution in [0.2, 0.25) is 0 Å². The zero-order valence-corrected chi connectivity index (χ0v) is 41.1. The van der Waals surface area contributed by atoms with Gasteiger partial charge in [0.2, 0.25) is 17.7 Å². The zero-order chi connectivity index (χ0) is 49.1. The van der Waals surface area contributed by atoms with E-state index >= 15 is 0 Å². The second-order valence-corrected chi connectivity index (χ2v) is 21.5. The van der Waals surface area contributed by atoms with E-state index in [9.17, 15) is 32.4 Å². The summed E-state index contributed by atoms with van der Waals surface area (Å²) >= 11 is 1.43. The maximum atomic E-state index is 14.9. The molecule has 68 heavy (non-hydrogen) atoms. The van der Waals surface area contributed by atoms with Gasteiger partial charge in [-0.15, -0.1) is 11.3 Å². The summed E-state index contributed by atoms with van der Waals surface area (Å²) in [5, 5.41) is 14.8. The van der Waals surface area contributed by atoms with E-state index in [4.69, 9.17) is 24.2 Å². The van der Waals surface area contributed by atoms with E-state index < -0.39 is 75.0 Å². The summed E-state index contributed by atoms with van der Waals surface area (Å²) in [5.41, 5.74) is -0.916. The number of amides is 5. The van der Waals surface area contributed by atoms with E-state index in [2.05, 4.69) is 26.0 Å². The van der Waals surface area contributed by atoms with Crippen molar-refractivity contribution in [3.8, 4) is 22.9 Å². The van der Waals surface area contributed by atoms with Gasteiger partial charge in [-0.25, -0.2) is 27.9 Å². The summed E-state index contributed by atoms with van der Waals surface area (Å²) in [6, 6.07) is 10.6. The number of hydrogen-bond acceptors (Lipinski definition) is 14. The molecule has 5 atom stereocenters. The molecule has 4 aromatic rings. The van der Waals surface area contributed by atoms with Crippen LogP contribution in [0.25, 0.3) is 22.3 Å². The van der Waals surface area contributed by atoms with Crippen LogP contribution in [0.1, 0.15) is 87.0 Å². The SMILES string of the molecule is COc1ccc2c(O[C@@H]3C[C@@H](C(=O)N[C@]45C[C@@H]4C=CCCCCC(=O)Nc4ccccc4S(=O)(=O)NC5=O)N(C(=O)[C@@H](NC(=O)OC(C)(C)C)C(C)C)C3)cc(-c3csc(NC(C)C)n3)nc2c1. The third kappa shape index (κ3) is 11.5. The fourth-order valence-electron chi connectivity index (χ4n) is 8.30. The number of thiazole rings is 1. The Morgan fingerprint density at radius 1 is 1.00 bits per heavy atom. The van der Waals surface area contributed by atoms with Crippen molar-refractivity contribution in [3.05, 3.63) is 66.1 Å². The predicted octanol–water partition coefficient (Wildman–Crippen LogP) is 6.53. The topological polar surface area (TPSA) is 236 Å². The smallest absolute Gasteiger partial charge is 0.408 e. The number of alkyl carbamates (subject to hydrolysis) is 1. The van der Waals surface area contributed by atoms with Gasteiger partial charge >= 0.3 is 6.09 Å². The average molecular weight is 973 g/mol. The highest BCUT2D eigenvalue weighted by molar-refractivity contribution is 7.90. The first-order valence-corrected chi connectivity index (χ1v) is 25.2. The van der Waals surface area contributed by atoms with Gasteiger partial charge in [0.1, 0.15) is 51.4 Å². The Bertz CT molecular complexity index is 2720. The van der Waals surface area contributed by atoms with Crippen molar-refractivity contribution in [1.82, 2.24) is 30.2 Å². The van der Waals surface area contributed by atoms with Crippen molar-refractivity contribution in [1.29, 1.82) is 0 Å². The van der Waals surface area contributed by atoms with Crippen LogP contribution in [0.5, 0.6) is 11.5 Å². The summed E-state index contributed by atoms with van der Waals surface area (Å²) < 4.78 is 47.8. The van der Waals surface area contributed by atoms with Gasteiger partial charge in [-0.05, 0) is 90.5 Å².